The van der Waals surface area contributed by atoms with Gasteiger partial charge in [0.2, 0.25) is 0 Å². The lowest BCUT2D eigenvalue weighted by Gasteiger charge is -2.22. The lowest BCUT2D eigenvalue weighted by molar-refractivity contribution is 0.0690. The summed E-state index contributed by atoms with van der Waals surface area (Å²) in [6.45, 7) is 6.53. The molecule has 1 aromatic rings. The molecule has 25 heavy (non-hydrogen) atoms. The summed E-state index contributed by atoms with van der Waals surface area (Å²) < 4.78 is 12.4. The second kappa shape index (κ2) is 14.6. The zero-order chi connectivity index (χ0) is 17.8. The molecule has 1 aromatic heterocycles. The van der Waals surface area contributed by atoms with Crippen LogP contribution in [0.1, 0.15) is 25.5 Å². The molecule has 1 rings (SSSR count). The van der Waals surface area contributed by atoms with Crippen molar-refractivity contribution in [2.75, 3.05) is 47.1 Å². The third-order valence-electron chi connectivity index (χ3n) is 3.56. The number of hydrogen-bond donors (Lipinski definition) is 1. The number of aryl methyl sites for hydroxylation is 1. The molecule has 0 unspecified atom stereocenters. The van der Waals surface area contributed by atoms with E-state index in [9.17, 15) is 0 Å². The molecular formula is C17H32ClIN4O2. The second-order valence-electron chi connectivity index (χ2n) is 5.66. The highest BCUT2D eigenvalue weighted by molar-refractivity contribution is 14.0. The van der Waals surface area contributed by atoms with Crippen LogP contribution in [-0.2, 0) is 23.1 Å². The third kappa shape index (κ3) is 10.3. The van der Waals surface area contributed by atoms with Gasteiger partial charge in [0.1, 0.15) is 0 Å². The van der Waals surface area contributed by atoms with Crippen LogP contribution in [0.2, 0.25) is 5.02 Å². The van der Waals surface area contributed by atoms with Crippen molar-refractivity contribution in [2.45, 2.75) is 26.3 Å². The molecule has 0 spiro atoms. The molecule has 6 nitrogen and oxygen atoms in total. The summed E-state index contributed by atoms with van der Waals surface area (Å²) in [5.41, 5.74) is 1.15. The minimum Gasteiger partial charge on any atom is -0.382 e. The predicted octanol–water partition coefficient (Wildman–Crippen LogP) is 3.14. The van der Waals surface area contributed by atoms with Crippen LogP contribution < -0.4 is 5.32 Å². The first-order valence-electron chi connectivity index (χ1n) is 8.45. The van der Waals surface area contributed by atoms with Crippen molar-refractivity contribution in [3.8, 4) is 0 Å². The summed E-state index contributed by atoms with van der Waals surface area (Å²) >= 11 is 6.05. The molecule has 1 N–H and O–H groups in total. The average Bonchev–Trinajstić information content (AvgIpc) is 2.86. The van der Waals surface area contributed by atoms with E-state index in [1.165, 1.54) is 0 Å². The van der Waals surface area contributed by atoms with Gasteiger partial charge in [-0.1, -0.05) is 11.6 Å². The summed E-state index contributed by atoms with van der Waals surface area (Å²) in [4.78, 5) is 6.80. The van der Waals surface area contributed by atoms with Gasteiger partial charge in [-0.25, -0.2) is 0 Å². The highest BCUT2D eigenvalue weighted by atomic mass is 127. The van der Waals surface area contributed by atoms with Gasteiger partial charge in [0, 0.05) is 52.8 Å². The standard InChI is InChI=1S/C17H31ClN4O2.HI/c1-5-19-17(20-8-6-7-9-24-11-10-23-4)22(3)14-16-12-15(18)13-21(16)2;/h12-13H,5-11,14H2,1-4H3,(H,19,20);1H. The Balaban J connectivity index is 0.00000576. The highest BCUT2D eigenvalue weighted by Gasteiger charge is 2.09. The van der Waals surface area contributed by atoms with Crippen molar-refractivity contribution in [1.29, 1.82) is 0 Å². The Morgan fingerprint density at radius 3 is 2.68 bits per heavy atom. The van der Waals surface area contributed by atoms with Gasteiger partial charge in [0.25, 0.3) is 0 Å². The van der Waals surface area contributed by atoms with E-state index in [0.29, 0.717) is 13.2 Å². The maximum Gasteiger partial charge on any atom is 0.194 e. The molecule has 0 aliphatic carbocycles. The number of unbranched alkanes of at least 4 members (excludes halogenated alkanes) is 1. The van der Waals surface area contributed by atoms with E-state index in [1.807, 2.05) is 30.9 Å². The van der Waals surface area contributed by atoms with Crippen LogP contribution in [-0.4, -0.2) is 62.5 Å². The van der Waals surface area contributed by atoms with E-state index in [1.54, 1.807) is 7.11 Å². The van der Waals surface area contributed by atoms with Crippen molar-refractivity contribution in [1.82, 2.24) is 14.8 Å². The van der Waals surface area contributed by atoms with Crippen molar-refractivity contribution >= 4 is 41.5 Å². The van der Waals surface area contributed by atoms with Crippen molar-refractivity contribution in [3.63, 3.8) is 0 Å². The molecule has 146 valence electrons. The van der Waals surface area contributed by atoms with Crippen LogP contribution in [0.5, 0.6) is 0 Å². The molecule has 0 aromatic carbocycles. The summed E-state index contributed by atoms with van der Waals surface area (Å²) in [5.74, 6) is 0.912. The number of nitrogens with zero attached hydrogens (tertiary/aromatic N) is 3. The lowest BCUT2D eigenvalue weighted by atomic mass is 10.3. The van der Waals surface area contributed by atoms with Gasteiger partial charge in [-0.3, -0.25) is 4.99 Å². The summed E-state index contributed by atoms with van der Waals surface area (Å²) in [7, 11) is 5.72. The Hall–Kier alpha value is -0.510. The molecule has 1 heterocycles. The van der Waals surface area contributed by atoms with E-state index >= 15 is 0 Å². The smallest absolute Gasteiger partial charge is 0.194 e. The van der Waals surface area contributed by atoms with E-state index in [2.05, 4.69) is 22.1 Å². The number of guanidine groups is 1. The van der Waals surface area contributed by atoms with Gasteiger partial charge in [0.15, 0.2) is 5.96 Å². The molecule has 0 saturated heterocycles. The van der Waals surface area contributed by atoms with Gasteiger partial charge < -0.3 is 24.3 Å². The molecular weight excluding hydrogens is 455 g/mol. The quantitative estimate of drug-likeness (QED) is 0.226. The van der Waals surface area contributed by atoms with Gasteiger partial charge in [-0.15, -0.1) is 24.0 Å². The SMILES string of the molecule is CCNC(=NCCCCOCCOC)N(C)Cc1cc(Cl)cn1C.I. The number of ether oxygens (including phenoxy) is 2. The molecule has 8 heteroatoms. The van der Waals surface area contributed by atoms with Gasteiger partial charge in [-0.05, 0) is 25.8 Å². The van der Waals surface area contributed by atoms with Crippen molar-refractivity contribution in [2.24, 2.45) is 12.0 Å². The number of hydrogen-bond acceptors (Lipinski definition) is 3. The summed E-state index contributed by atoms with van der Waals surface area (Å²) in [6.07, 6.45) is 3.92. The Kier molecular flexibility index (Phi) is 14.3. The first-order chi connectivity index (χ1) is 11.6. The number of nitrogens with one attached hydrogen (secondary N) is 1. The number of aromatic nitrogens is 1. The van der Waals surface area contributed by atoms with Crippen LogP contribution in [0, 0.1) is 0 Å². The molecule has 0 amide bonds. The molecule has 0 radical (unpaired) electrons. The maximum absolute atomic E-state index is 6.05. The zero-order valence-corrected chi connectivity index (χ0v) is 18.8. The van der Waals surface area contributed by atoms with Gasteiger partial charge >= 0.3 is 0 Å². The zero-order valence-electron chi connectivity index (χ0n) is 15.8. The van der Waals surface area contributed by atoms with Crippen LogP contribution in [0.15, 0.2) is 17.3 Å². The Labute approximate surface area is 173 Å². The molecule has 0 saturated carbocycles. The maximum atomic E-state index is 6.05. The number of aliphatic imine (C=N–C) groups is 1. The lowest BCUT2D eigenvalue weighted by Crippen LogP contribution is -2.38. The van der Waals surface area contributed by atoms with Crippen LogP contribution >= 0.6 is 35.6 Å². The first-order valence-corrected chi connectivity index (χ1v) is 8.83. The van der Waals surface area contributed by atoms with Gasteiger partial charge in [-0.2, -0.15) is 0 Å². The summed E-state index contributed by atoms with van der Waals surface area (Å²) in [6, 6.07) is 1.99. The molecule has 0 aliphatic heterocycles. The topological polar surface area (TPSA) is 51.0 Å². The second-order valence-corrected chi connectivity index (χ2v) is 6.10. The fraction of sp³-hybridized carbons (Fsp3) is 0.706. The summed E-state index contributed by atoms with van der Waals surface area (Å²) in [5, 5.41) is 4.09. The van der Waals surface area contributed by atoms with E-state index in [0.717, 1.165) is 55.8 Å². The number of methoxy groups -OCH3 is 1. The first kappa shape index (κ1) is 24.5. The number of halogens is 2. The predicted molar refractivity (Wildman–Crippen MR) is 115 cm³/mol. The normalized spacial score (nSPS) is 11.3. The Morgan fingerprint density at radius 1 is 1.32 bits per heavy atom. The van der Waals surface area contributed by atoms with E-state index < -0.39 is 0 Å². The minimum absolute atomic E-state index is 0. The number of rotatable bonds is 11. The molecule has 0 bridgehead atoms. The van der Waals surface area contributed by atoms with Crippen LogP contribution in [0.3, 0.4) is 0 Å². The third-order valence-corrected chi connectivity index (χ3v) is 3.77. The van der Waals surface area contributed by atoms with Crippen LogP contribution in [0.25, 0.3) is 0 Å². The molecule has 0 fully saturated rings. The largest absolute Gasteiger partial charge is 0.382 e. The Morgan fingerprint density at radius 2 is 2.08 bits per heavy atom. The molecule has 0 aliphatic rings. The van der Waals surface area contributed by atoms with Gasteiger partial charge in [0.05, 0.1) is 24.8 Å². The highest BCUT2D eigenvalue weighted by Crippen LogP contribution is 2.14. The van der Waals surface area contributed by atoms with Crippen LogP contribution in [0.4, 0.5) is 0 Å². The fourth-order valence-electron chi connectivity index (χ4n) is 2.26. The average molecular weight is 487 g/mol. The monoisotopic (exact) mass is 486 g/mol. The van der Waals surface area contributed by atoms with E-state index in [4.69, 9.17) is 21.1 Å². The van der Waals surface area contributed by atoms with E-state index in [-0.39, 0.29) is 24.0 Å². The Bertz CT molecular complexity index is 497. The minimum atomic E-state index is 0. The van der Waals surface area contributed by atoms with Crippen molar-refractivity contribution < 1.29 is 9.47 Å². The fourth-order valence-corrected chi connectivity index (χ4v) is 2.53. The van der Waals surface area contributed by atoms with Crippen molar-refractivity contribution in [3.05, 3.63) is 23.0 Å². The molecule has 0 atom stereocenters.